The topological polar surface area (TPSA) is 96.0 Å². The van der Waals surface area contributed by atoms with Gasteiger partial charge in [-0.2, -0.15) is 4.31 Å². The molecule has 0 unspecified atom stereocenters. The fourth-order valence-corrected chi connectivity index (χ4v) is 4.68. The Morgan fingerprint density at radius 3 is 2.48 bits per heavy atom. The number of carbonyl (C=O) groups excluding carboxylic acids is 2. The highest BCUT2D eigenvalue weighted by molar-refractivity contribution is 7.89. The van der Waals surface area contributed by atoms with Crippen LogP contribution in [0.4, 0.5) is 5.69 Å². The van der Waals surface area contributed by atoms with E-state index in [1.54, 1.807) is 19.9 Å². The van der Waals surface area contributed by atoms with E-state index in [1.165, 1.54) is 16.4 Å². The maximum absolute atomic E-state index is 12.9. The van der Waals surface area contributed by atoms with E-state index in [0.29, 0.717) is 18.8 Å². The lowest BCUT2D eigenvalue weighted by Gasteiger charge is -2.23. The number of terminal acetylenes is 1. The van der Waals surface area contributed by atoms with E-state index >= 15 is 0 Å². The summed E-state index contributed by atoms with van der Waals surface area (Å²) in [4.78, 5) is 26.4. The van der Waals surface area contributed by atoms with Crippen molar-refractivity contribution in [2.45, 2.75) is 31.6 Å². The Hall–Kier alpha value is -2.57. The molecule has 1 heterocycles. The quantitative estimate of drug-likeness (QED) is 0.476. The van der Waals surface area contributed by atoms with Crippen LogP contribution in [-0.2, 0) is 19.6 Å². The third-order valence-corrected chi connectivity index (χ3v) is 6.75. The lowest BCUT2D eigenvalue weighted by molar-refractivity contribution is -0.123. The van der Waals surface area contributed by atoms with Gasteiger partial charge in [-0.25, -0.2) is 13.2 Å². The molecule has 1 saturated heterocycles. The second-order valence-electron chi connectivity index (χ2n) is 6.52. The fraction of sp³-hybridized carbons (Fsp3) is 0.500. The van der Waals surface area contributed by atoms with Crippen LogP contribution in [0.25, 0.3) is 0 Å². The van der Waals surface area contributed by atoms with E-state index < -0.39 is 28.5 Å². The minimum atomic E-state index is -3.74. The molecule has 1 aliphatic heterocycles. The van der Waals surface area contributed by atoms with Crippen molar-refractivity contribution >= 4 is 27.6 Å². The highest BCUT2D eigenvalue weighted by Gasteiger charge is 2.27. The summed E-state index contributed by atoms with van der Waals surface area (Å²) in [6.07, 6.45) is 7.06. The van der Waals surface area contributed by atoms with Crippen LogP contribution in [0.5, 0.6) is 0 Å². The molecule has 0 saturated carbocycles. The first kappa shape index (κ1) is 22.7. The summed E-state index contributed by atoms with van der Waals surface area (Å²) in [5, 5.41) is 2.41. The van der Waals surface area contributed by atoms with Gasteiger partial charge in [-0.1, -0.05) is 19.8 Å². The molecule has 0 radical (unpaired) electrons. The standard InChI is InChI=1S/C20H27N3O5S/c1-4-11-21-19(24)15-28-20(25)17-14-16(29(26,27)23(5-2)6-3)9-10-18(17)22-12-7-8-13-22/h1,9-10,14H,5-8,11-13,15H2,2-3H3,(H,21,24). The van der Waals surface area contributed by atoms with Gasteiger partial charge in [0.25, 0.3) is 5.91 Å². The summed E-state index contributed by atoms with van der Waals surface area (Å²) < 4.78 is 32.2. The summed E-state index contributed by atoms with van der Waals surface area (Å²) in [5.74, 6) is 0.986. The highest BCUT2D eigenvalue weighted by Crippen LogP contribution is 2.29. The number of benzene rings is 1. The van der Waals surface area contributed by atoms with Crippen LogP contribution in [0, 0.1) is 12.3 Å². The molecule has 0 spiro atoms. The van der Waals surface area contributed by atoms with Gasteiger partial charge < -0.3 is 15.0 Å². The molecule has 0 atom stereocenters. The van der Waals surface area contributed by atoms with Gasteiger partial charge in [0.2, 0.25) is 10.0 Å². The minimum Gasteiger partial charge on any atom is -0.452 e. The molecule has 1 aromatic carbocycles. The molecule has 1 amide bonds. The van der Waals surface area contributed by atoms with E-state index in [2.05, 4.69) is 11.2 Å². The molecule has 29 heavy (non-hydrogen) atoms. The Balaban J connectivity index is 2.34. The number of sulfonamides is 1. The predicted octanol–water partition coefficient (Wildman–Crippen LogP) is 1.22. The van der Waals surface area contributed by atoms with Gasteiger partial charge >= 0.3 is 5.97 Å². The van der Waals surface area contributed by atoms with Crippen LogP contribution in [0.3, 0.4) is 0 Å². The number of carbonyl (C=O) groups is 2. The van der Waals surface area contributed by atoms with Gasteiger partial charge in [-0.3, -0.25) is 4.79 Å². The average molecular weight is 422 g/mol. The van der Waals surface area contributed by atoms with Gasteiger partial charge in [0.15, 0.2) is 6.61 Å². The summed E-state index contributed by atoms with van der Waals surface area (Å²) in [6, 6.07) is 4.48. The number of hydrogen-bond donors (Lipinski definition) is 1. The van der Waals surface area contributed by atoms with Crippen molar-refractivity contribution in [2.75, 3.05) is 44.2 Å². The van der Waals surface area contributed by atoms with Crippen molar-refractivity contribution < 1.29 is 22.7 Å². The monoisotopic (exact) mass is 421 g/mol. The molecule has 8 nitrogen and oxygen atoms in total. The van der Waals surface area contributed by atoms with Crippen LogP contribution in [0.2, 0.25) is 0 Å². The normalized spacial score (nSPS) is 13.9. The van der Waals surface area contributed by atoms with E-state index in [9.17, 15) is 18.0 Å². The smallest absolute Gasteiger partial charge is 0.340 e. The third-order valence-electron chi connectivity index (χ3n) is 4.70. The Kier molecular flexibility index (Phi) is 8.05. The van der Waals surface area contributed by atoms with Crippen molar-refractivity contribution in [2.24, 2.45) is 0 Å². The van der Waals surface area contributed by atoms with Crippen molar-refractivity contribution in [1.82, 2.24) is 9.62 Å². The van der Waals surface area contributed by atoms with Crippen molar-refractivity contribution in [1.29, 1.82) is 0 Å². The predicted molar refractivity (Wildman–Crippen MR) is 110 cm³/mol. The number of hydrogen-bond acceptors (Lipinski definition) is 6. The molecule has 9 heteroatoms. The van der Waals surface area contributed by atoms with Crippen LogP contribution < -0.4 is 10.2 Å². The maximum atomic E-state index is 12.9. The molecule has 1 aliphatic rings. The molecular formula is C20H27N3O5S. The molecule has 0 bridgehead atoms. The summed E-state index contributed by atoms with van der Waals surface area (Å²) in [7, 11) is -3.74. The first-order valence-electron chi connectivity index (χ1n) is 9.61. The zero-order valence-electron chi connectivity index (χ0n) is 16.8. The fourth-order valence-electron chi connectivity index (χ4n) is 3.19. The number of amides is 1. The molecule has 1 N–H and O–H groups in total. The van der Waals surface area contributed by atoms with Crippen molar-refractivity contribution in [3.63, 3.8) is 0 Å². The van der Waals surface area contributed by atoms with Gasteiger partial charge in [0.1, 0.15) is 0 Å². The summed E-state index contributed by atoms with van der Waals surface area (Å²) >= 11 is 0. The third kappa shape index (κ3) is 5.49. The van der Waals surface area contributed by atoms with E-state index in [4.69, 9.17) is 11.2 Å². The second kappa shape index (κ2) is 10.3. The minimum absolute atomic E-state index is 0.0212. The van der Waals surface area contributed by atoms with Crippen molar-refractivity contribution in [3.05, 3.63) is 23.8 Å². The lowest BCUT2D eigenvalue weighted by Crippen LogP contribution is -2.31. The Morgan fingerprint density at radius 1 is 1.24 bits per heavy atom. The number of ether oxygens (including phenoxy) is 1. The second-order valence-corrected chi connectivity index (χ2v) is 8.46. The molecule has 1 fully saturated rings. The number of anilines is 1. The molecule has 0 aromatic heterocycles. The van der Waals surface area contributed by atoms with Gasteiger partial charge in [0.05, 0.1) is 22.7 Å². The number of nitrogens with zero attached hydrogens (tertiary/aromatic N) is 2. The summed E-state index contributed by atoms with van der Waals surface area (Å²) in [6.45, 7) is 5.23. The SMILES string of the molecule is C#CCNC(=O)COC(=O)c1cc(S(=O)(=O)N(CC)CC)ccc1N1CCCC1. The Labute approximate surface area is 172 Å². The lowest BCUT2D eigenvalue weighted by atomic mass is 10.1. The van der Waals surface area contributed by atoms with Gasteiger partial charge in [0, 0.05) is 26.2 Å². The Bertz CT molecular complexity index is 882. The molecular weight excluding hydrogens is 394 g/mol. The number of esters is 1. The summed E-state index contributed by atoms with van der Waals surface area (Å²) in [5.41, 5.74) is 0.736. The van der Waals surface area contributed by atoms with Crippen LogP contribution >= 0.6 is 0 Å². The van der Waals surface area contributed by atoms with E-state index in [0.717, 1.165) is 25.9 Å². The maximum Gasteiger partial charge on any atom is 0.340 e. The highest BCUT2D eigenvalue weighted by atomic mass is 32.2. The van der Waals surface area contributed by atoms with Gasteiger partial charge in [-0.15, -0.1) is 6.42 Å². The van der Waals surface area contributed by atoms with E-state index in [1.807, 2.05) is 4.90 Å². The first-order chi connectivity index (χ1) is 13.8. The molecule has 158 valence electrons. The zero-order valence-corrected chi connectivity index (χ0v) is 17.6. The van der Waals surface area contributed by atoms with Crippen LogP contribution in [0.1, 0.15) is 37.0 Å². The average Bonchev–Trinajstić information content (AvgIpc) is 3.25. The molecule has 1 aromatic rings. The van der Waals surface area contributed by atoms with Crippen molar-refractivity contribution in [3.8, 4) is 12.3 Å². The van der Waals surface area contributed by atoms with E-state index in [-0.39, 0.29) is 17.0 Å². The van der Waals surface area contributed by atoms with Gasteiger partial charge in [-0.05, 0) is 31.0 Å². The zero-order chi connectivity index (χ0) is 21.4. The first-order valence-corrected chi connectivity index (χ1v) is 11.1. The Morgan fingerprint density at radius 2 is 1.90 bits per heavy atom. The largest absolute Gasteiger partial charge is 0.452 e. The molecule has 2 rings (SSSR count). The number of nitrogens with one attached hydrogen (secondary N) is 1. The van der Waals surface area contributed by atoms with Crippen LogP contribution in [-0.4, -0.2) is 63.9 Å². The molecule has 0 aliphatic carbocycles. The number of rotatable bonds is 9. The van der Waals surface area contributed by atoms with Crippen LogP contribution in [0.15, 0.2) is 23.1 Å².